The Hall–Kier alpha value is -1.82. The van der Waals surface area contributed by atoms with Crippen molar-refractivity contribution in [2.24, 2.45) is 0 Å². The van der Waals surface area contributed by atoms with E-state index in [2.05, 4.69) is 43.9 Å². The maximum Gasteiger partial charge on any atom is -0.0348 e. The first-order valence-electron chi connectivity index (χ1n) is 10.5. The monoisotopic (exact) mass is 352 g/mol. The van der Waals surface area contributed by atoms with E-state index >= 15 is 0 Å². The van der Waals surface area contributed by atoms with E-state index in [-0.39, 0.29) is 0 Å². The second-order valence-corrected chi connectivity index (χ2v) is 6.56. The van der Waals surface area contributed by atoms with Gasteiger partial charge in [-0.05, 0) is 12.8 Å². The Morgan fingerprint density at radius 2 is 0.846 bits per heavy atom. The van der Waals surface area contributed by atoms with Crippen molar-refractivity contribution in [1.82, 2.24) is 0 Å². The van der Waals surface area contributed by atoms with Gasteiger partial charge < -0.3 is 0 Å². The average Bonchev–Trinajstić information content (AvgIpc) is 2.66. The van der Waals surface area contributed by atoms with Crippen LogP contribution in [0.1, 0.15) is 77.6 Å². The summed E-state index contributed by atoms with van der Waals surface area (Å²) >= 11 is 0. The Balaban J connectivity index is 3.44. The first kappa shape index (κ1) is 24.2. The minimum Gasteiger partial charge on any atom is -0.0991 e. The molecule has 0 aromatic carbocycles. The van der Waals surface area contributed by atoms with Crippen LogP contribution < -0.4 is 0 Å². The highest BCUT2D eigenvalue weighted by atomic mass is 14.0. The van der Waals surface area contributed by atoms with Crippen LogP contribution in [0.2, 0.25) is 0 Å². The van der Waals surface area contributed by atoms with Gasteiger partial charge in [-0.25, -0.2) is 0 Å². The van der Waals surface area contributed by atoms with E-state index in [1.165, 1.54) is 70.6 Å². The van der Waals surface area contributed by atoms with Gasteiger partial charge in [0.25, 0.3) is 0 Å². The van der Waals surface area contributed by atoms with Gasteiger partial charge in [0.05, 0.1) is 0 Å². The molecule has 0 heterocycles. The molecule has 0 aliphatic rings. The lowest BCUT2D eigenvalue weighted by molar-refractivity contribution is 0.557. The third kappa shape index (κ3) is 22.2. The highest BCUT2D eigenvalue weighted by molar-refractivity contribution is 5.20. The van der Waals surface area contributed by atoms with Crippen LogP contribution >= 0.6 is 0 Å². The van der Waals surface area contributed by atoms with E-state index in [9.17, 15) is 0 Å². The molecule has 0 atom stereocenters. The lowest BCUT2D eigenvalue weighted by atomic mass is 10.1. The topological polar surface area (TPSA) is 0 Å². The largest absolute Gasteiger partial charge is 0.0991 e. The fourth-order valence-electron chi connectivity index (χ4n) is 2.58. The molecular weight excluding hydrogens is 312 g/mol. The quantitative estimate of drug-likeness (QED) is 0.181. The second kappa shape index (κ2) is 23.2. The molecule has 0 aliphatic heterocycles. The van der Waals surface area contributed by atoms with E-state index in [0.29, 0.717) is 0 Å². The van der Waals surface area contributed by atoms with Crippen molar-refractivity contribution in [2.45, 2.75) is 77.6 Å². The zero-order valence-corrected chi connectivity index (χ0v) is 17.0. The van der Waals surface area contributed by atoms with Crippen LogP contribution in [0.3, 0.4) is 0 Å². The van der Waals surface area contributed by atoms with Crippen molar-refractivity contribution in [3.05, 3.63) is 85.6 Å². The van der Waals surface area contributed by atoms with Crippen LogP contribution in [0.15, 0.2) is 85.6 Å². The number of allylic oxidation sites excluding steroid dienone is 13. The second-order valence-electron chi connectivity index (χ2n) is 6.56. The SMILES string of the molecule is C=C/C=C/C=C/C=C/C=C/C=C/C=C/CCCCCCCCCCCC. The summed E-state index contributed by atoms with van der Waals surface area (Å²) in [5.41, 5.74) is 0. The zero-order valence-electron chi connectivity index (χ0n) is 17.0. The summed E-state index contributed by atoms with van der Waals surface area (Å²) in [4.78, 5) is 0. The van der Waals surface area contributed by atoms with Crippen molar-refractivity contribution in [3.63, 3.8) is 0 Å². The molecule has 144 valence electrons. The fraction of sp³-hybridized carbons (Fsp3) is 0.462. The van der Waals surface area contributed by atoms with Gasteiger partial charge in [0.15, 0.2) is 0 Å². The zero-order chi connectivity index (χ0) is 19.0. The van der Waals surface area contributed by atoms with Crippen LogP contribution in [0, 0.1) is 0 Å². The molecule has 0 aromatic rings. The number of unbranched alkanes of at least 4 members (excludes halogenated alkanes) is 10. The van der Waals surface area contributed by atoms with Gasteiger partial charge in [0.1, 0.15) is 0 Å². The lowest BCUT2D eigenvalue weighted by Gasteiger charge is -2.01. The molecule has 0 rings (SSSR count). The smallest absolute Gasteiger partial charge is 0.0348 e. The van der Waals surface area contributed by atoms with E-state index in [1.54, 1.807) is 6.08 Å². The van der Waals surface area contributed by atoms with Gasteiger partial charge in [-0.1, -0.05) is 150 Å². The van der Waals surface area contributed by atoms with Gasteiger partial charge >= 0.3 is 0 Å². The van der Waals surface area contributed by atoms with Crippen LogP contribution in [-0.2, 0) is 0 Å². The Kier molecular flexibility index (Phi) is 21.6. The van der Waals surface area contributed by atoms with Gasteiger partial charge in [-0.15, -0.1) is 0 Å². The molecule has 0 N–H and O–H groups in total. The number of hydrogen-bond acceptors (Lipinski definition) is 0. The molecule has 0 amide bonds. The predicted molar refractivity (Wildman–Crippen MR) is 121 cm³/mol. The van der Waals surface area contributed by atoms with Gasteiger partial charge in [0, 0.05) is 0 Å². The van der Waals surface area contributed by atoms with Crippen molar-refractivity contribution < 1.29 is 0 Å². The van der Waals surface area contributed by atoms with E-state index in [0.717, 1.165) is 0 Å². The molecule has 26 heavy (non-hydrogen) atoms. The highest BCUT2D eigenvalue weighted by Gasteiger charge is 1.91. The standard InChI is InChI=1S/C26H40/c1-3-5-7-9-11-13-15-17-19-21-23-25-26-24-22-20-18-16-14-12-10-8-6-4-2/h3,5,7,9,11,13,15,17,19,21,23,25-26H,1,4,6,8,10,12,14,16,18,20,22,24H2,2H3/b7-5+,11-9+,15-13+,19-17+,23-21+,26-25+. The molecule has 0 unspecified atom stereocenters. The van der Waals surface area contributed by atoms with Crippen molar-refractivity contribution >= 4 is 0 Å². The fourth-order valence-corrected chi connectivity index (χ4v) is 2.58. The molecule has 0 bridgehead atoms. The lowest BCUT2D eigenvalue weighted by Crippen LogP contribution is -1.81. The predicted octanol–water partition coefficient (Wildman–Crippen LogP) is 8.82. The summed E-state index contributed by atoms with van der Waals surface area (Å²) in [6, 6.07) is 0. The average molecular weight is 353 g/mol. The maximum atomic E-state index is 3.62. The Bertz CT molecular complexity index is 454. The van der Waals surface area contributed by atoms with Gasteiger partial charge in [0.2, 0.25) is 0 Å². The summed E-state index contributed by atoms with van der Waals surface area (Å²) in [6.45, 7) is 5.90. The maximum absolute atomic E-state index is 3.62. The molecule has 0 nitrogen and oxygen atoms in total. The molecule has 0 radical (unpaired) electrons. The Morgan fingerprint density at radius 1 is 0.462 bits per heavy atom. The summed E-state index contributed by atoms with van der Waals surface area (Å²) in [6.07, 6.45) is 41.6. The highest BCUT2D eigenvalue weighted by Crippen LogP contribution is 2.11. The van der Waals surface area contributed by atoms with Gasteiger partial charge in [-0.3, -0.25) is 0 Å². The normalized spacial score (nSPS) is 13.0. The molecule has 0 saturated carbocycles. The Labute approximate surface area is 163 Å². The third-order valence-electron chi connectivity index (χ3n) is 4.11. The van der Waals surface area contributed by atoms with Crippen molar-refractivity contribution in [2.75, 3.05) is 0 Å². The minimum absolute atomic E-state index is 1.20. The molecule has 0 aliphatic carbocycles. The number of hydrogen-bond donors (Lipinski definition) is 0. The molecule has 0 saturated heterocycles. The molecule has 0 heteroatoms. The van der Waals surface area contributed by atoms with Crippen molar-refractivity contribution in [3.8, 4) is 0 Å². The van der Waals surface area contributed by atoms with Crippen molar-refractivity contribution in [1.29, 1.82) is 0 Å². The van der Waals surface area contributed by atoms with E-state index < -0.39 is 0 Å². The van der Waals surface area contributed by atoms with Crippen LogP contribution in [-0.4, -0.2) is 0 Å². The van der Waals surface area contributed by atoms with Crippen LogP contribution in [0.4, 0.5) is 0 Å². The van der Waals surface area contributed by atoms with E-state index in [1.807, 2.05) is 42.5 Å². The van der Waals surface area contributed by atoms with E-state index in [4.69, 9.17) is 0 Å². The molecular formula is C26H40. The summed E-state index contributed by atoms with van der Waals surface area (Å²) in [5.74, 6) is 0. The molecule has 0 fully saturated rings. The molecule has 0 aromatic heterocycles. The summed E-state index contributed by atoms with van der Waals surface area (Å²) in [5, 5.41) is 0. The van der Waals surface area contributed by atoms with Crippen LogP contribution in [0.25, 0.3) is 0 Å². The van der Waals surface area contributed by atoms with Crippen LogP contribution in [0.5, 0.6) is 0 Å². The summed E-state index contributed by atoms with van der Waals surface area (Å²) in [7, 11) is 0. The first-order valence-corrected chi connectivity index (χ1v) is 10.5. The number of rotatable bonds is 17. The summed E-state index contributed by atoms with van der Waals surface area (Å²) < 4.78 is 0. The molecule has 0 spiro atoms. The first-order chi connectivity index (χ1) is 12.9. The Morgan fingerprint density at radius 3 is 1.31 bits per heavy atom. The minimum atomic E-state index is 1.20. The third-order valence-corrected chi connectivity index (χ3v) is 4.11. The van der Waals surface area contributed by atoms with Gasteiger partial charge in [-0.2, -0.15) is 0 Å².